The monoisotopic (exact) mass is 333 g/mol. The molecule has 1 N–H and O–H groups in total. The Labute approximate surface area is 123 Å². The number of hydrogen-bond donors (Lipinski definition) is 1. The normalized spacial score (nSPS) is 10.9. The number of nitrogens with zero attached hydrogens (tertiary/aromatic N) is 2. The van der Waals surface area contributed by atoms with Gasteiger partial charge in [-0.15, -0.1) is 0 Å². The van der Waals surface area contributed by atoms with Crippen molar-refractivity contribution >= 4 is 48.3 Å². The van der Waals surface area contributed by atoms with Crippen molar-refractivity contribution in [1.29, 1.82) is 0 Å². The first-order valence-electron chi connectivity index (χ1n) is 5.89. The molecule has 3 aromatic rings. The molecule has 96 valence electrons. The Morgan fingerprint density at radius 3 is 2.74 bits per heavy atom. The van der Waals surface area contributed by atoms with Crippen LogP contribution in [-0.4, -0.2) is 9.97 Å². The number of anilines is 2. The minimum absolute atomic E-state index is 0.891. The van der Waals surface area contributed by atoms with Gasteiger partial charge in [-0.05, 0) is 44.2 Å². The molecule has 0 aliphatic carbocycles. The number of thiazole rings is 1. The van der Waals surface area contributed by atoms with Crippen molar-refractivity contribution in [1.82, 2.24) is 9.97 Å². The highest BCUT2D eigenvalue weighted by atomic mass is 79.9. The van der Waals surface area contributed by atoms with Crippen LogP contribution in [0.15, 0.2) is 34.8 Å². The SMILES string of the molecule is Cc1ccc(Nc2nc3cc(Br)ccc3s2)c(C)n1. The van der Waals surface area contributed by atoms with Crippen LogP contribution in [0, 0.1) is 13.8 Å². The van der Waals surface area contributed by atoms with Gasteiger partial charge in [0.2, 0.25) is 0 Å². The lowest BCUT2D eigenvalue weighted by Gasteiger charge is -2.06. The molecule has 0 bridgehead atoms. The third kappa shape index (κ3) is 2.62. The molecule has 19 heavy (non-hydrogen) atoms. The Kier molecular flexibility index (Phi) is 3.24. The van der Waals surface area contributed by atoms with E-state index in [0.717, 1.165) is 32.2 Å². The van der Waals surface area contributed by atoms with E-state index < -0.39 is 0 Å². The van der Waals surface area contributed by atoms with Gasteiger partial charge in [-0.3, -0.25) is 4.98 Å². The number of rotatable bonds is 2. The number of halogens is 1. The number of nitrogens with one attached hydrogen (secondary N) is 1. The Hall–Kier alpha value is -1.46. The molecule has 0 unspecified atom stereocenters. The molecule has 0 spiro atoms. The Balaban J connectivity index is 1.96. The number of pyridine rings is 1. The van der Waals surface area contributed by atoms with E-state index in [9.17, 15) is 0 Å². The van der Waals surface area contributed by atoms with Crippen LogP contribution < -0.4 is 5.32 Å². The van der Waals surface area contributed by atoms with Gasteiger partial charge in [0.05, 0.1) is 21.6 Å². The summed E-state index contributed by atoms with van der Waals surface area (Å²) in [4.78, 5) is 9.03. The first-order valence-corrected chi connectivity index (χ1v) is 7.50. The van der Waals surface area contributed by atoms with Crippen LogP contribution in [0.5, 0.6) is 0 Å². The molecule has 3 nitrogen and oxygen atoms in total. The van der Waals surface area contributed by atoms with Crippen LogP contribution in [0.25, 0.3) is 10.2 Å². The number of benzene rings is 1. The maximum absolute atomic E-state index is 4.58. The molecule has 5 heteroatoms. The van der Waals surface area contributed by atoms with Gasteiger partial charge in [0, 0.05) is 10.2 Å². The van der Waals surface area contributed by atoms with Crippen molar-refractivity contribution in [3.8, 4) is 0 Å². The van der Waals surface area contributed by atoms with Gasteiger partial charge >= 0.3 is 0 Å². The standard InChI is InChI=1S/C14H12BrN3S/c1-8-3-5-11(9(2)16-8)17-14-18-12-7-10(15)4-6-13(12)19-14/h3-7H,1-2H3,(H,17,18). The Bertz CT molecular complexity index is 752. The van der Waals surface area contributed by atoms with E-state index in [0.29, 0.717) is 0 Å². The zero-order valence-electron chi connectivity index (χ0n) is 10.6. The molecule has 0 aliphatic heterocycles. The lowest BCUT2D eigenvalue weighted by atomic mass is 10.3. The van der Waals surface area contributed by atoms with Crippen LogP contribution in [0.1, 0.15) is 11.4 Å². The van der Waals surface area contributed by atoms with E-state index in [-0.39, 0.29) is 0 Å². The molecule has 0 saturated heterocycles. The molecule has 2 aromatic heterocycles. The Morgan fingerprint density at radius 1 is 1.11 bits per heavy atom. The maximum atomic E-state index is 4.58. The second-order valence-electron chi connectivity index (χ2n) is 4.34. The highest BCUT2D eigenvalue weighted by Crippen LogP contribution is 2.30. The lowest BCUT2D eigenvalue weighted by molar-refractivity contribution is 1.12. The summed E-state index contributed by atoms with van der Waals surface area (Å²) in [6.45, 7) is 3.99. The van der Waals surface area contributed by atoms with Crippen molar-refractivity contribution in [2.45, 2.75) is 13.8 Å². The van der Waals surface area contributed by atoms with E-state index in [1.54, 1.807) is 11.3 Å². The van der Waals surface area contributed by atoms with Gasteiger partial charge in [-0.2, -0.15) is 0 Å². The largest absolute Gasteiger partial charge is 0.330 e. The molecule has 2 heterocycles. The van der Waals surface area contributed by atoms with Crippen LogP contribution in [0.2, 0.25) is 0 Å². The fourth-order valence-corrected chi connectivity index (χ4v) is 3.10. The Morgan fingerprint density at radius 2 is 1.95 bits per heavy atom. The predicted octanol–water partition coefficient (Wildman–Crippen LogP) is 4.81. The van der Waals surface area contributed by atoms with Crippen LogP contribution in [-0.2, 0) is 0 Å². The summed E-state index contributed by atoms with van der Waals surface area (Å²) >= 11 is 5.11. The molecule has 0 saturated carbocycles. The molecule has 1 aromatic carbocycles. The summed E-state index contributed by atoms with van der Waals surface area (Å²) in [5, 5.41) is 4.23. The topological polar surface area (TPSA) is 37.8 Å². The lowest BCUT2D eigenvalue weighted by Crippen LogP contribution is -1.95. The second kappa shape index (κ2) is 4.90. The van der Waals surface area contributed by atoms with Gasteiger partial charge in [0.25, 0.3) is 0 Å². The summed E-state index contributed by atoms with van der Waals surface area (Å²) in [5.74, 6) is 0. The average molecular weight is 334 g/mol. The first-order chi connectivity index (χ1) is 9.11. The third-order valence-electron chi connectivity index (χ3n) is 2.82. The van der Waals surface area contributed by atoms with E-state index in [2.05, 4.69) is 37.3 Å². The fourth-order valence-electron chi connectivity index (χ4n) is 1.89. The van der Waals surface area contributed by atoms with Crippen molar-refractivity contribution < 1.29 is 0 Å². The van der Waals surface area contributed by atoms with E-state index >= 15 is 0 Å². The van der Waals surface area contributed by atoms with Gasteiger partial charge in [0.15, 0.2) is 5.13 Å². The van der Waals surface area contributed by atoms with E-state index in [1.165, 1.54) is 4.70 Å². The predicted molar refractivity (Wildman–Crippen MR) is 84.3 cm³/mol. The molecule has 3 rings (SSSR count). The van der Waals surface area contributed by atoms with Crippen molar-refractivity contribution in [3.05, 3.63) is 46.2 Å². The number of hydrogen-bond acceptors (Lipinski definition) is 4. The molecule has 0 fully saturated rings. The summed E-state index contributed by atoms with van der Waals surface area (Å²) in [7, 11) is 0. The highest BCUT2D eigenvalue weighted by molar-refractivity contribution is 9.10. The van der Waals surface area contributed by atoms with Gasteiger partial charge < -0.3 is 5.32 Å². The summed E-state index contributed by atoms with van der Waals surface area (Å²) in [6.07, 6.45) is 0. The smallest absolute Gasteiger partial charge is 0.188 e. The molecular weight excluding hydrogens is 322 g/mol. The first kappa shape index (κ1) is 12.6. The molecule has 0 aliphatic rings. The fraction of sp³-hybridized carbons (Fsp3) is 0.143. The van der Waals surface area contributed by atoms with E-state index in [1.807, 2.05) is 38.1 Å². The number of fused-ring (bicyclic) bond motifs is 1. The molecule has 0 amide bonds. The van der Waals surface area contributed by atoms with Gasteiger partial charge in [0.1, 0.15) is 0 Å². The van der Waals surface area contributed by atoms with Crippen molar-refractivity contribution in [3.63, 3.8) is 0 Å². The maximum Gasteiger partial charge on any atom is 0.188 e. The van der Waals surface area contributed by atoms with Gasteiger partial charge in [-0.25, -0.2) is 4.98 Å². The summed E-state index contributed by atoms with van der Waals surface area (Å²) < 4.78 is 2.22. The van der Waals surface area contributed by atoms with Gasteiger partial charge in [-0.1, -0.05) is 27.3 Å². The quantitative estimate of drug-likeness (QED) is 0.730. The zero-order valence-corrected chi connectivity index (χ0v) is 13.0. The van der Waals surface area contributed by atoms with E-state index in [4.69, 9.17) is 0 Å². The number of aryl methyl sites for hydroxylation is 2. The molecular formula is C14H12BrN3S. The highest BCUT2D eigenvalue weighted by Gasteiger charge is 2.06. The number of aromatic nitrogens is 2. The van der Waals surface area contributed by atoms with Crippen molar-refractivity contribution in [2.24, 2.45) is 0 Å². The summed E-state index contributed by atoms with van der Waals surface area (Å²) in [5.41, 5.74) is 4.01. The second-order valence-corrected chi connectivity index (χ2v) is 6.29. The summed E-state index contributed by atoms with van der Waals surface area (Å²) in [6, 6.07) is 10.2. The van der Waals surface area contributed by atoms with Crippen LogP contribution in [0.4, 0.5) is 10.8 Å². The molecule has 0 atom stereocenters. The third-order valence-corrected chi connectivity index (χ3v) is 4.26. The zero-order chi connectivity index (χ0) is 13.4. The van der Waals surface area contributed by atoms with Crippen LogP contribution >= 0.6 is 27.3 Å². The van der Waals surface area contributed by atoms with Crippen molar-refractivity contribution in [2.75, 3.05) is 5.32 Å². The minimum Gasteiger partial charge on any atom is -0.330 e. The molecule has 0 radical (unpaired) electrons. The minimum atomic E-state index is 0.891. The average Bonchev–Trinajstić information content (AvgIpc) is 2.74. The van der Waals surface area contributed by atoms with Crippen LogP contribution in [0.3, 0.4) is 0 Å².